The molecule has 0 aliphatic rings. The van der Waals surface area contributed by atoms with Crippen LogP contribution in [0, 0.1) is 17.2 Å². The smallest absolute Gasteiger partial charge is 0.320 e. The van der Waals surface area contributed by atoms with Crippen LogP contribution in [0.5, 0.6) is 0 Å². The van der Waals surface area contributed by atoms with E-state index in [1.807, 2.05) is 0 Å². The van der Waals surface area contributed by atoms with Crippen molar-refractivity contribution in [1.29, 1.82) is 5.26 Å². The number of halogens is 1. The Morgan fingerprint density at radius 3 is 2.35 bits per heavy atom. The Morgan fingerprint density at radius 1 is 1.35 bits per heavy atom. The van der Waals surface area contributed by atoms with Crippen LogP contribution in [0.3, 0.4) is 0 Å². The van der Waals surface area contributed by atoms with Crippen molar-refractivity contribution >= 4 is 33.2 Å². The van der Waals surface area contributed by atoms with Crippen molar-refractivity contribution in [2.75, 3.05) is 6.61 Å². The summed E-state index contributed by atoms with van der Waals surface area (Å²) in [5.74, 6) is -2.98. The van der Waals surface area contributed by atoms with Gasteiger partial charge in [-0.2, -0.15) is 5.26 Å². The molecule has 8 heteroatoms. The molecule has 0 spiro atoms. The quantitative estimate of drug-likeness (QED) is 0.440. The number of hydrogen-bond donors (Lipinski definition) is 0. The molecule has 23 heavy (non-hydrogen) atoms. The van der Waals surface area contributed by atoms with E-state index in [2.05, 4.69) is 0 Å². The minimum Gasteiger partial charge on any atom is -0.465 e. The Labute approximate surface area is 139 Å². The summed E-state index contributed by atoms with van der Waals surface area (Å²) in [4.78, 5) is 22.4. The SMILES string of the molecule is CCOC(=O)[C@@H](/C=C(/C#N)S(=O)(=O)c1ccc(Cl)cc1)C(C)=O. The van der Waals surface area contributed by atoms with E-state index < -0.39 is 32.4 Å². The first-order chi connectivity index (χ1) is 10.7. The number of carbonyl (C=O) groups excluding carboxylic acids is 2. The summed E-state index contributed by atoms with van der Waals surface area (Å²) in [5.41, 5.74) is 0. The lowest BCUT2D eigenvalue weighted by Gasteiger charge is -2.09. The Balaban J connectivity index is 3.34. The van der Waals surface area contributed by atoms with Gasteiger partial charge in [0.2, 0.25) is 9.84 Å². The second-order valence-electron chi connectivity index (χ2n) is 4.44. The fraction of sp³-hybridized carbons (Fsp3) is 0.267. The van der Waals surface area contributed by atoms with Crippen molar-refractivity contribution in [2.24, 2.45) is 5.92 Å². The number of Topliss-reactive ketones (excluding diaryl/α,β-unsaturated/α-hetero) is 1. The van der Waals surface area contributed by atoms with Crippen LogP contribution in [0.25, 0.3) is 0 Å². The van der Waals surface area contributed by atoms with E-state index in [-0.39, 0.29) is 11.5 Å². The molecule has 0 aromatic heterocycles. The molecule has 0 heterocycles. The first kappa shape index (κ1) is 18.9. The van der Waals surface area contributed by atoms with Gasteiger partial charge in [0, 0.05) is 5.02 Å². The number of ketones is 1. The van der Waals surface area contributed by atoms with Gasteiger partial charge in [-0.15, -0.1) is 0 Å². The van der Waals surface area contributed by atoms with Gasteiger partial charge in [-0.25, -0.2) is 8.42 Å². The average molecular weight is 356 g/mol. The highest BCUT2D eigenvalue weighted by atomic mass is 35.5. The lowest BCUT2D eigenvalue weighted by atomic mass is 10.1. The molecule has 0 amide bonds. The van der Waals surface area contributed by atoms with Crippen molar-refractivity contribution in [1.82, 2.24) is 0 Å². The number of rotatable bonds is 6. The molecular weight excluding hydrogens is 342 g/mol. The maximum atomic E-state index is 12.4. The topological polar surface area (TPSA) is 101 Å². The van der Waals surface area contributed by atoms with Crippen LogP contribution >= 0.6 is 11.6 Å². The van der Waals surface area contributed by atoms with Crippen molar-refractivity contribution in [3.8, 4) is 6.07 Å². The molecule has 0 aliphatic heterocycles. The molecule has 1 aromatic carbocycles. The van der Waals surface area contributed by atoms with Crippen LogP contribution in [-0.4, -0.2) is 26.8 Å². The van der Waals surface area contributed by atoms with Gasteiger partial charge in [0.15, 0.2) is 0 Å². The average Bonchev–Trinajstić information content (AvgIpc) is 2.48. The number of allylic oxidation sites excluding steroid dienone is 1. The third-order valence-corrected chi connectivity index (χ3v) is 4.77. The fourth-order valence-corrected chi connectivity index (χ4v) is 2.97. The number of esters is 1. The number of carbonyl (C=O) groups is 2. The third kappa shape index (κ3) is 4.65. The molecule has 1 aromatic rings. The number of hydrogen-bond acceptors (Lipinski definition) is 6. The summed E-state index contributed by atoms with van der Waals surface area (Å²) in [6.07, 6.45) is 0.810. The van der Waals surface area contributed by atoms with Crippen LogP contribution in [0.15, 0.2) is 40.1 Å². The van der Waals surface area contributed by atoms with Crippen molar-refractivity contribution < 1.29 is 22.7 Å². The maximum absolute atomic E-state index is 12.4. The molecule has 0 aliphatic carbocycles. The predicted molar refractivity (Wildman–Crippen MR) is 83.1 cm³/mol. The number of benzene rings is 1. The number of nitrogens with zero attached hydrogens (tertiary/aromatic N) is 1. The van der Waals surface area contributed by atoms with E-state index in [1.54, 1.807) is 6.92 Å². The monoisotopic (exact) mass is 355 g/mol. The van der Waals surface area contributed by atoms with Crippen LogP contribution in [0.1, 0.15) is 13.8 Å². The second kappa shape index (κ2) is 7.90. The number of nitriles is 1. The van der Waals surface area contributed by atoms with Gasteiger partial charge in [0.25, 0.3) is 0 Å². The zero-order valence-electron chi connectivity index (χ0n) is 12.4. The molecule has 0 saturated heterocycles. The van der Waals surface area contributed by atoms with Gasteiger partial charge in [-0.1, -0.05) is 11.6 Å². The van der Waals surface area contributed by atoms with E-state index in [0.29, 0.717) is 5.02 Å². The third-order valence-electron chi connectivity index (χ3n) is 2.82. The highest BCUT2D eigenvalue weighted by molar-refractivity contribution is 7.95. The summed E-state index contributed by atoms with van der Waals surface area (Å²) in [6, 6.07) is 6.70. The van der Waals surface area contributed by atoms with Crippen molar-refractivity contribution in [2.45, 2.75) is 18.7 Å². The van der Waals surface area contributed by atoms with E-state index >= 15 is 0 Å². The number of sulfone groups is 1. The zero-order chi connectivity index (χ0) is 17.6. The molecule has 0 N–H and O–H groups in total. The van der Waals surface area contributed by atoms with Gasteiger partial charge in [0.05, 0.1) is 11.5 Å². The molecule has 0 bridgehead atoms. The summed E-state index contributed by atoms with van der Waals surface area (Å²) in [7, 11) is -4.16. The van der Waals surface area contributed by atoms with Crippen LogP contribution in [0.4, 0.5) is 0 Å². The van der Waals surface area contributed by atoms with Crippen LogP contribution in [0.2, 0.25) is 5.02 Å². The first-order valence-corrected chi connectivity index (χ1v) is 8.39. The minimum absolute atomic E-state index is 0.0300. The highest BCUT2D eigenvalue weighted by Crippen LogP contribution is 2.22. The van der Waals surface area contributed by atoms with E-state index in [4.69, 9.17) is 21.6 Å². The first-order valence-electron chi connectivity index (χ1n) is 6.53. The molecule has 6 nitrogen and oxygen atoms in total. The Bertz CT molecular complexity index is 775. The van der Waals surface area contributed by atoms with Gasteiger partial charge in [-0.3, -0.25) is 9.59 Å². The van der Waals surface area contributed by atoms with Crippen LogP contribution < -0.4 is 0 Å². The molecule has 0 saturated carbocycles. The minimum atomic E-state index is -4.16. The molecule has 122 valence electrons. The van der Waals surface area contributed by atoms with Gasteiger partial charge < -0.3 is 4.74 Å². The predicted octanol–water partition coefficient (Wildman–Crippen LogP) is 2.29. The summed E-state index contributed by atoms with van der Waals surface area (Å²) in [5, 5.41) is 9.47. The molecule has 0 unspecified atom stereocenters. The highest BCUT2D eigenvalue weighted by Gasteiger charge is 2.28. The Morgan fingerprint density at radius 2 is 1.91 bits per heavy atom. The molecule has 0 radical (unpaired) electrons. The van der Waals surface area contributed by atoms with E-state index in [0.717, 1.165) is 13.0 Å². The van der Waals surface area contributed by atoms with E-state index in [1.165, 1.54) is 30.3 Å². The Kier molecular flexibility index (Phi) is 6.49. The second-order valence-corrected chi connectivity index (χ2v) is 6.79. The van der Waals surface area contributed by atoms with Gasteiger partial charge in [0.1, 0.15) is 22.7 Å². The molecular formula is C15H14ClNO5S. The number of ether oxygens (including phenoxy) is 1. The molecule has 1 atom stereocenters. The largest absolute Gasteiger partial charge is 0.465 e. The van der Waals surface area contributed by atoms with Crippen LogP contribution in [-0.2, 0) is 24.2 Å². The normalized spacial score (nSPS) is 13.0. The summed E-state index contributed by atoms with van der Waals surface area (Å²) < 4.78 is 29.6. The van der Waals surface area contributed by atoms with E-state index in [9.17, 15) is 18.0 Å². The van der Waals surface area contributed by atoms with Crippen molar-refractivity contribution in [3.05, 3.63) is 40.3 Å². The summed E-state index contributed by atoms with van der Waals surface area (Å²) in [6.45, 7) is 2.69. The standard InChI is InChI=1S/C15H14ClNO5S/c1-3-22-15(19)14(10(2)18)8-13(9-17)23(20,21)12-6-4-11(16)5-7-12/h4-8,14H,3H2,1-2H3/b13-8-/t14-/m0/s1. The lowest BCUT2D eigenvalue weighted by molar-refractivity contribution is -0.149. The van der Waals surface area contributed by atoms with Crippen molar-refractivity contribution in [3.63, 3.8) is 0 Å². The molecule has 0 fully saturated rings. The fourth-order valence-electron chi connectivity index (χ4n) is 1.66. The Hall–Kier alpha value is -2.17. The summed E-state index contributed by atoms with van der Waals surface area (Å²) >= 11 is 5.70. The zero-order valence-corrected chi connectivity index (χ0v) is 14.0. The molecule has 1 rings (SSSR count). The van der Waals surface area contributed by atoms with Gasteiger partial charge >= 0.3 is 5.97 Å². The lowest BCUT2D eigenvalue weighted by Crippen LogP contribution is -2.23. The van der Waals surface area contributed by atoms with Gasteiger partial charge in [-0.05, 0) is 44.2 Å². The maximum Gasteiger partial charge on any atom is 0.320 e.